The van der Waals surface area contributed by atoms with Crippen molar-refractivity contribution in [2.24, 2.45) is 0 Å². The van der Waals surface area contributed by atoms with Crippen molar-refractivity contribution in [3.63, 3.8) is 0 Å². The second kappa shape index (κ2) is 15.0. The molecule has 2 aromatic carbocycles. The molecule has 1 saturated heterocycles. The highest BCUT2D eigenvalue weighted by molar-refractivity contribution is 5.68. The van der Waals surface area contributed by atoms with Crippen molar-refractivity contribution < 1.29 is 23.4 Å². The Balaban J connectivity index is 1.40. The maximum absolute atomic E-state index is 15.5. The normalized spacial score (nSPS) is 14.4. The number of aromatic nitrogens is 3. The lowest BCUT2D eigenvalue weighted by molar-refractivity contribution is 0.0110. The Morgan fingerprint density at radius 2 is 1.46 bits per heavy atom. The Morgan fingerprint density at radius 3 is 1.98 bits per heavy atom. The van der Waals surface area contributed by atoms with Crippen molar-refractivity contribution in [3.05, 3.63) is 95.3 Å². The van der Waals surface area contributed by atoms with Crippen LogP contribution in [0, 0.1) is 12.9 Å². The van der Waals surface area contributed by atoms with Gasteiger partial charge in [-0.25, -0.2) is 19.7 Å². The first-order chi connectivity index (χ1) is 22.9. The molecule has 2 aromatic heterocycles. The summed E-state index contributed by atoms with van der Waals surface area (Å²) in [6, 6.07) is 19.4. The van der Waals surface area contributed by atoms with Crippen molar-refractivity contribution >= 4 is 11.9 Å². The quantitative estimate of drug-likeness (QED) is 0.171. The minimum atomic E-state index is -0.596. The van der Waals surface area contributed by atoms with Gasteiger partial charge in [0.05, 0.1) is 25.5 Å². The number of ether oxygens (including phenoxy) is 3. The predicted molar refractivity (Wildman–Crippen MR) is 184 cm³/mol. The van der Waals surface area contributed by atoms with E-state index in [0.29, 0.717) is 62.2 Å². The van der Waals surface area contributed by atoms with Crippen LogP contribution in [0.15, 0.2) is 66.9 Å². The maximum Gasteiger partial charge on any atom is 0.410 e. The van der Waals surface area contributed by atoms with E-state index in [2.05, 4.69) is 26.7 Å². The molecule has 1 amide bonds. The van der Waals surface area contributed by atoms with Crippen molar-refractivity contribution in [1.29, 1.82) is 0 Å². The average molecular weight is 657 g/mol. The van der Waals surface area contributed by atoms with Gasteiger partial charge in [-0.15, -0.1) is 0 Å². The van der Waals surface area contributed by atoms with E-state index < -0.39 is 11.5 Å². The minimum absolute atomic E-state index is 0.0540. The number of pyridine rings is 1. The van der Waals surface area contributed by atoms with Gasteiger partial charge in [0.1, 0.15) is 28.7 Å². The molecule has 0 bridgehead atoms. The van der Waals surface area contributed by atoms with Gasteiger partial charge >= 0.3 is 6.09 Å². The molecule has 0 spiro atoms. The smallest absolute Gasteiger partial charge is 0.410 e. The predicted octanol–water partition coefficient (Wildman–Crippen LogP) is 6.82. The summed E-state index contributed by atoms with van der Waals surface area (Å²) in [6.45, 7) is 13.0. The number of carbonyl (C=O) groups is 1. The standard InChI is InChI=1S/C37H45FN6O4/c1-25(42-16-18-43(19-17-42)36(45)48-37(3,4)5)29-20-32(35(38)39-22-29)33-21-34(41-26(2)40-33)44(23-27-8-12-30(46-6)13-9-27)24-28-10-14-31(47-7)15-11-28/h8-15,20-22,25H,16-19,23-24H2,1-7H3. The highest BCUT2D eigenvalue weighted by atomic mass is 19.1. The summed E-state index contributed by atoms with van der Waals surface area (Å²) in [7, 11) is 3.29. The number of rotatable bonds is 10. The van der Waals surface area contributed by atoms with Gasteiger partial charge in [-0.2, -0.15) is 4.39 Å². The van der Waals surface area contributed by atoms with E-state index in [1.54, 1.807) is 25.3 Å². The lowest BCUT2D eigenvalue weighted by Gasteiger charge is -2.38. The van der Waals surface area contributed by atoms with Crippen LogP contribution >= 0.6 is 0 Å². The zero-order valence-corrected chi connectivity index (χ0v) is 28.9. The molecule has 5 rings (SSSR count). The van der Waals surface area contributed by atoms with Crippen molar-refractivity contribution in [2.75, 3.05) is 45.3 Å². The van der Waals surface area contributed by atoms with E-state index in [-0.39, 0.29) is 12.1 Å². The SMILES string of the molecule is COc1ccc(CN(Cc2ccc(OC)cc2)c2cc(-c3cc(C(C)N4CCN(C(=O)OC(C)(C)C)CC4)cnc3F)nc(C)n2)cc1. The Hall–Kier alpha value is -4.77. The summed E-state index contributed by atoms with van der Waals surface area (Å²) < 4.78 is 31.7. The molecule has 4 aromatic rings. The molecule has 1 aliphatic rings. The Labute approximate surface area is 282 Å². The third-order valence-corrected chi connectivity index (χ3v) is 8.35. The number of anilines is 1. The molecule has 1 unspecified atom stereocenters. The molecular formula is C37H45FN6O4. The number of benzene rings is 2. The third-order valence-electron chi connectivity index (χ3n) is 8.35. The second-order valence-electron chi connectivity index (χ2n) is 13.0. The first-order valence-electron chi connectivity index (χ1n) is 16.2. The van der Waals surface area contributed by atoms with E-state index in [1.165, 1.54) is 0 Å². The van der Waals surface area contributed by atoms with Crippen LogP contribution in [-0.2, 0) is 17.8 Å². The molecular weight excluding hydrogens is 611 g/mol. The number of aryl methyl sites for hydroxylation is 1. The fourth-order valence-electron chi connectivity index (χ4n) is 5.67. The molecule has 0 N–H and O–H groups in total. The first kappa shape index (κ1) is 34.6. The first-order valence-corrected chi connectivity index (χ1v) is 16.2. The van der Waals surface area contributed by atoms with E-state index >= 15 is 4.39 Å². The second-order valence-corrected chi connectivity index (χ2v) is 13.0. The number of hydrogen-bond donors (Lipinski definition) is 0. The van der Waals surface area contributed by atoms with Crippen LogP contribution in [0.5, 0.6) is 11.5 Å². The van der Waals surface area contributed by atoms with Crippen LogP contribution in [0.4, 0.5) is 15.0 Å². The van der Waals surface area contributed by atoms with E-state index in [4.69, 9.17) is 19.2 Å². The molecule has 254 valence electrons. The molecule has 10 nitrogen and oxygen atoms in total. The number of piperazine rings is 1. The largest absolute Gasteiger partial charge is 0.497 e. The van der Waals surface area contributed by atoms with Gasteiger partial charge in [-0.1, -0.05) is 24.3 Å². The van der Waals surface area contributed by atoms with Gasteiger partial charge in [0.2, 0.25) is 5.95 Å². The van der Waals surface area contributed by atoms with Crippen molar-refractivity contribution in [3.8, 4) is 22.8 Å². The minimum Gasteiger partial charge on any atom is -0.497 e. The molecule has 3 heterocycles. The Bertz CT molecular complexity index is 1640. The van der Waals surface area contributed by atoms with Crippen molar-refractivity contribution in [2.45, 2.75) is 59.4 Å². The van der Waals surface area contributed by atoms with Gasteiger partial charge in [0.15, 0.2) is 0 Å². The topological polar surface area (TPSA) is 93.2 Å². The number of hydrogen-bond acceptors (Lipinski definition) is 9. The maximum atomic E-state index is 15.5. The van der Waals surface area contributed by atoms with Crippen LogP contribution < -0.4 is 14.4 Å². The average Bonchev–Trinajstić information content (AvgIpc) is 3.07. The molecule has 1 fully saturated rings. The van der Waals surface area contributed by atoms with Crippen LogP contribution in [0.1, 0.15) is 56.3 Å². The van der Waals surface area contributed by atoms with E-state index in [9.17, 15) is 4.79 Å². The Morgan fingerprint density at radius 1 is 0.896 bits per heavy atom. The fraction of sp³-hybridized carbons (Fsp3) is 0.405. The number of halogens is 1. The number of methoxy groups -OCH3 is 2. The van der Waals surface area contributed by atoms with Gasteiger partial charge in [-0.05, 0) is 81.6 Å². The van der Waals surface area contributed by atoms with Crippen molar-refractivity contribution in [1.82, 2.24) is 24.8 Å². The molecule has 48 heavy (non-hydrogen) atoms. The highest BCUT2D eigenvalue weighted by Crippen LogP contribution is 2.30. The molecule has 0 aliphatic carbocycles. The highest BCUT2D eigenvalue weighted by Gasteiger charge is 2.28. The molecule has 1 aliphatic heterocycles. The summed E-state index contributed by atoms with van der Waals surface area (Å²) in [5, 5.41) is 0. The van der Waals surface area contributed by atoms with Gasteiger partial charge in [0, 0.05) is 57.6 Å². The van der Waals surface area contributed by atoms with E-state index in [1.807, 2.05) is 88.4 Å². The Kier molecular flexibility index (Phi) is 10.8. The third kappa shape index (κ3) is 8.77. The van der Waals surface area contributed by atoms with Crippen LogP contribution in [0.3, 0.4) is 0 Å². The number of nitrogens with zero attached hydrogens (tertiary/aromatic N) is 6. The number of carbonyl (C=O) groups excluding carboxylic acids is 1. The van der Waals surface area contributed by atoms with E-state index in [0.717, 1.165) is 28.2 Å². The number of amides is 1. The van der Waals surface area contributed by atoms with Crippen LogP contribution in [-0.4, -0.2) is 76.8 Å². The molecule has 1 atom stereocenters. The van der Waals surface area contributed by atoms with Crippen LogP contribution in [0.25, 0.3) is 11.3 Å². The molecule has 0 radical (unpaired) electrons. The summed E-state index contributed by atoms with van der Waals surface area (Å²) in [4.78, 5) is 32.3. The molecule has 0 saturated carbocycles. The molecule has 11 heteroatoms. The lowest BCUT2D eigenvalue weighted by atomic mass is 10.0. The van der Waals surface area contributed by atoms with Gasteiger partial charge in [-0.3, -0.25) is 4.90 Å². The summed E-state index contributed by atoms with van der Waals surface area (Å²) >= 11 is 0. The summed E-state index contributed by atoms with van der Waals surface area (Å²) in [6.07, 6.45) is 1.28. The zero-order valence-electron chi connectivity index (χ0n) is 28.9. The lowest BCUT2D eigenvalue weighted by Crippen LogP contribution is -2.50. The zero-order chi connectivity index (χ0) is 34.4. The summed E-state index contributed by atoms with van der Waals surface area (Å²) in [5.74, 6) is 2.15. The van der Waals surface area contributed by atoms with Crippen LogP contribution in [0.2, 0.25) is 0 Å². The van der Waals surface area contributed by atoms with Gasteiger partial charge in [0.25, 0.3) is 0 Å². The van der Waals surface area contributed by atoms with Gasteiger partial charge < -0.3 is 24.0 Å². The fourth-order valence-corrected chi connectivity index (χ4v) is 5.67. The summed E-state index contributed by atoms with van der Waals surface area (Å²) in [5.41, 5.74) is 3.23. The monoisotopic (exact) mass is 656 g/mol.